The summed E-state index contributed by atoms with van der Waals surface area (Å²) in [6, 6.07) is 12.9. The standard InChI is InChI=1S/C23H28ClFN2O2/c1-16(2)14-26-23(29)17(3)27(15-19-9-5-7-11-21(19)25)22(28)13-12-18-8-4-6-10-20(18)24/h4-11,16-17H,12-15H2,1-3H3,(H,26,29). The second kappa shape index (κ2) is 11.0. The highest BCUT2D eigenvalue weighted by atomic mass is 35.5. The van der Waals surface area contributed by atoms with Crippen LogP contribution in [0.4, 0.5) is 4.39 Å². The molecule has 2 amide bonds. The first-order valence-corrected chi connectivity index (χ1v) is 10.2. The largest absolute Gasteiger partial charge is 0.354 e. The van der Waals surface area contributed by atoms with Crippen molar-refractivity contribution in [3.63, 3.8) is 0 Å². The van der Waals surface area contributed by atoms with Crippen molar-refractivity contribution in [2.45, 2.75) is 46.2 Å². The molecule has 0 bridgehead atoms. The first kappa shape index (κ1) is 22.9. The molecule has 1 unspecified atom stereocenters. The summed E-state index contributed by atoms with van der Waals surface area (Å²) in [6.45, 7) is 6.21. The number of hydrogen-bond donors (Lipinski definition) is 1. The van der Waals surface area contributed by atoms with E-state index in [1.54, 1.807) is 31.2 Å². The summed E-state index contributed by atoms with van der Waals surface area (Å²) in [7, 11) is 0. The number of halogens is 2. The van der Waals surface area contributed by atoms with Gasteiger partial charge in [0.05, 0.1) is 0 Å². The number of aryl methyl sites for hydroxylation is 1. The Morgan fingerprint density at radius 3 is 2.28 bits per heavy atom. The van der Waals surface area contributed by atoms with Crippen LogP contribution in [0, 0.1) is 11.7 Å². The summed E-state index contributed by atoms with van der Waals surface area (Å²) < 4.78 is 14.2. The zero-order valence-electron chi connectivity index (χ0n) is 17.1. The summed E-state index contributed by atoms with van der Waals surface area (Å²) >= 11 is 6.18. The van der Waals surface area contributed by atoms with Crippen molar-refractivity contribution in [1.29, 1.82) is 0 Å². The SMILES string of the molecule is CC(C)CNC(=O)C(C)N(Cc1ccccc1F)C(=O)CCc1ccccc1Cl. The summed E-state index contributed by atoms with van der Waals surface area (Å²) in [6.07, 6.45) is 0.632. The third-order valence-electron chi connectivity index (χ3n) is 4.72. The maximum Gasteiger partial charge on any atom is 0.242 e. The highest BCUT2D eigenvalue weighted by Crippen LogP contribution is 2.19. The van der Waals surface area contributed by atoms with E-state index in [-0.39, 0.29) is 24.8 Å². The molecule has 0 aliphatic rings. The van der Waals surface area contributed by atoms with Gasteiger partial charge in [-0.1, -0.05) is 61.8 Å². The van der Waals surface area contributed by atoms with Crippen LogP contribution in [0.3, 0.4) is 0 Å². The van der Waals surface area contributed by atoms with E-state index in [0.717, 1.165) is 5.56 Å². The van der Waals surface area contributed by atoms with Gasteiger partial charge in [0.2, 0.25) is 11.8 Å². The van der Waals surface area contributed by atoms with E-state index in [1.807, 2.05) is 32.0 Å². The number of carbonyl (C=O) groups is 2. The van der Waals surface area contributed by atoms with Gasteiger partial charge in [0.1, 0.15) is 11.9 Å². The van der Waals surface area contributed by atoms with Gasteiger partial charge in [0.15, 0.2) is 0 Å². The molecular formula is C23H28ClFN2O2. The highest BCUT2D eigenvalue weighted by Gasteiger charge is 2.26. The van der Waals surface area contributed by atoms with Gasteiger partial charge in [0.25, 0.3) is 0 Å². The number of amides is 2. The lowest BCUT2D eigenvalue weighted by Crippen LogP contribution is -2.48. The van der Waals surface area contributed by atoms with E-state index in [2.05, 4.69) is 5.32 Å². The minimum absolute atomic E-state index is 0.0320. The van der Waals surface area contributed by atoms with Crippen molar-refractivity contribution in [2.24, 2.45) is 5.92 Å². The normalized spacial score (nSPS) is 11.9. The fraction of sp³-hybridized carbons (Fsp3) is 0.391. The van der Waals surface area contributed by atoms with Crippen LogP contribution in [0.5, 0.6) is 0 Å². The highest BCUT2D eigenvalue weighted by molar-refractivity contribution is 6.31. The topological polar surface area (TPSA) is 49.4 Å². The molecule has 0 spiro atoms. The molecule has 4 nitrogen and oxygen atoms in total. The number of hydrogen-bond acceptors (Lipinski definition) is 2. The molecule has 2 rings (SSSR count). The maximum atomic E-state index is 14.2. The predicted molar refractivity (Wildman–Crippen MR) is 114 cm³/mol. The van der Waals surface area contributed by atoms with Crippen LogP contribution in [-0.4, -0.2) is 29.3 Å². The predicted octanol–water partition coefficient (Wildman–Crippen LogP) is 4.60. The van der Waals surface area contributed by atoms with Crippen LogP contribution in [0.1, 0.15) is 38.3 Å². The van der Waals surface area contributed by atoms with Crippen molar-refractivity contribution in [1.82, 2.24) is 10.2 Å². The molecular weight excluding hydrogens is 391 g/mol. The summed E-state index contributed by atoms with van der Waals surface area (Å²) in [5.74, 6) is -0.574. The van der Waals surface area contributed by atoms with Crippen molar-refractivity contribution in [3.8, 4) is 0 Å². The molecule has 0 heterocycles. The van der Waals surface area contributed by atoms with Gasteiger partial charge in [-0.15, -0.1) is 0 Å². The molecule has 0 saturated carbocycles. The molecule has 0 radical (unpaired) electrons. The summed E-state index contributed by atoms with van der Waals surface area (Å²) in [5, 5.41) is 3.45. The van der Waals surface area contributed by atoms with Crippen LogP contribution in [0.25, 0.3) is 0 Å². The van der Waals surface area contributed by atoms with Gasteiger partial charge in [-0.25, -0.2) is 4.39 Å². The van der Waals surface area contributed by atoms with Crippen LogP contribution >= 0.6 is 11.6 Å². The van der Waals surface area contributed by atoms with Crippen molar-refractivity contribution in [2.75, 3.05) is 6.54 Å². The Morgan fingerprint density at radius 2 is 1.66 bits per heavy atom. The molecule has 2 aromatic carbocycles. The van der Waals surface area contributed by atoms with Gasteiger partial charge in [0, 0.05) is 30.1 Å². The molecule has 0 aromatic heterocycles. The minimum Gasteiger partial charge on any atom is -0.354 e. The third kappa shape index (κ3) is 6.86. The van der Waals surface area contributed by atoms with E-state index in [9.17, 15) is 14.0 Å². The molecule has 1 N–H and O–H groups in total. The van der Waals surface area contributed by atoms with Gasteiger partial charge in [-0.3, -0.25) is 9.59 Å². The zero-order valence-corrected chi connectivity index (χ0v) is 17.9. The van der Waals surface area contributed by atoms with Gasteiger partial charge >= 0.3 is 0 Å². The Bertz CT molecular complexity index is 841. The lowest BCUT2D eigenvalue weighted by atomic mass is 10.1. The first-order valence-electron chi connectivity index (χ1n) is 9.83. The zero-order chi connectivity index (χ0) is 21.4. The Hall–Kier alpha value is -2.40. The van der Waals surface area contributed by atoms with E-state index >= 15 is 0 Å². The van der Waals surface area contributed by atoms with Gasteiger partial charge < -0.3 is 10.2 Å². The molecule has 0 aliphatic heterocycles. The fourth-order valence-corrected chi connectivity index (χ4v) is 3.16. The van der Waals surface area contributed by atoms with Gasteiger partial charge in [-0.05, 0) is 37.0 Å². The van der Waals surface area contributed by atoms with E-state index in [1.165, 1.54) is 11.0 Å². The maximum absolute atomic E-state index is 14.2. The number of carbonyl (C=O) groups excluding carboxylic acids is 2. The molecule has 6 heteroatoms. The Labute approximate surface area is 177 Å². The second-order valence-corrected chi connectivity index (χ2v) is 7.93. The van der Waals surface area contributed by atoms with Crippen LogP contribution in [0.2, 0.25) is 5.02 Å². The van der Waals surface area contributed by atoms with Crippen LogP contribution < -0.4 is 5.32 Å². The van der Waals surface area contributed by atoms with E-state index in [0.29, 0.717) is 29.5 Å². The van der Waals surface area contributed by atoms with Crippen molar-refractivity contribution in [3.05, 3.63) is 70.5 Å². The van der Waals surface area contributed by atoms with E-state index < -0.39 is 11.9 Å². The summed E-state index contributed by atoms with van der Waals surface area (Å²) in [5.41, 5.74) is 1.24. The minimum atomic E-state index is -0.716. The molecule has 156 valence electrons. The van der Waals surface area contributed by atoms with Crippen molar-refractivity contribution < 1.29 is 14.0 Å². The van der Waals surface area contributed by atoms with Crippen molar-refractivity contribution >= 4 is 23.4 Å². The van der Waals surface area contributed by atoms with Gasteiger partial charge in [-0.2, -0.15) is 0 Å². The third-order valence-corrected chi connectivity index (χ3v) is 5.09. The fourth-order valence-electron chi connectivity index (χ4n) is 2.93. The van der Waals surface area contributed by atoms with E-state index in [4.69, 9.17) is 11.6 Å². The smallest absolute Gasteiger partial charge is 0.242 e. The lowest BCUT2D eigenvalue weighted by molar-refractivity contribution is -0.140. The average molecular weight is 419 g/mol. The Balaban J connectivity index is 2.16. The molecule has 0 fully saturated rings. The summed E-state index contributed by atoms with van der Waals surface area (Å²) in [4.78, 5) is 27.0. The molecule has 0 aliphatic carbocycles. The molecule has 0 saturated heterocycles. The molecule has 1 atom stereocenters. The average Bonchev–Trinajstić information content (AvgIpc) is 2.70. The Morgan fingerprint density at radius 1 is 1.03 bits per heavy atom. The molecule has 2 aromatic rings. The number of rotatable bonds is 9. The second-order valence-electron chi connectivity index (χ2n) is 7.52. The number of nitrogens with one attached hydrogen (secondary N) is 1. The number of nitrogens with zero attached hydrogens (tertiary/aromatic N) is 1. The first-order chi connectivity index (χ1) is 13.8. The lowest BCUT2D eigenvalue weighted by Gasteiger charge is -2.29. The van der Waals surface area contributed by atoms with Crippen LogP contribution in [-0.2, 0) is 22.6 Å². The number of benzene rings is 2. The monoisotopic (exact) mass is 418 g/mol. The quantitative estimate of drug-likeness (QED) is 0.646. The molecule has 29 heavy (non-hydrogen) atoms. The Kier molecular flexibility index (Phi) is 8.65. The van der Waals surface area contributed by atoms with Crippen LogP contribution in [0.15, 0.2) is 48.5 Å².